The van der Waals surface area contributed by atoms with Crippen molar-refractivity contribution >= 4 is 10.2 Å². The summed E-state index contributed by atoms with van der Waals surface area (Å²) in [5.74, 6) is 0.681. The van der Waals surface area contributed by atoms with Gasteiger partial charge in [-0.2, -0.15) is 13.1 Å². The number of aliphatic hydroxyl groups is 1. The summed E-state index contributed by atoms with van der Waals surface area (Å²) in [6, 6.07) is 0. The molecule has 6 heteroatoms. The number of hydrogen-bond acceptors (Lipinski definition) is 3. The fourth-order valence-electron chi connectivity index (χ4n) is 2.32. The Morgan fingerprint density at radius 2 is 1.83 bits per heavy atom. The van der Waals surface area contributed by atoms with Crippen molar-refractivity contribution in [2.75, 3.05) is 13.1 Å². The van der Waals surface area contributed by atoms with Crippen molar-refractivity contribution in [3.05, 3.63) is 0 Å². The SMILES string of the molecule is CCCNS(=O)(=O)NCC1(O)CCC(CC)CC1. The van der Waals surface area contributed by atoms with Crippen molar-refractivity contribution < 1.29 is 13.5 Å². The quantitative estimate of drug-likeness (QED) is 0.654. The van der Waals surface area contributed by atoms with Crippen molar-refractivity contribution in [1.29, 1.82) is 0 Å². The predicted octanol–water partition coefficient (Wildman–Crippen LogP) is 1.15. The van der Waals surface area contributed by atoms with Crippen molar-refractivity contribution in [1.82, 2.24) is 9.44 Å². The fourth-order valence-corrected chi connectivity index (χ4v) is 3.35. The van der Waals surface area contributed by atoms with E-state index in [-0.39, 0.29) is 6.54 Å². The Morgan fingerprint density at radius 1 is 1.22 bits per heavy atom. The average molecular weight is 278 g/mol. The Hall–Kier alpha value is -0.170. The lowest BCUT2D eigenvalue weighted by atomic mass is 9.78. The van der Waals surface area contributed by atoms with Crippen LogP contribution in [0.5, 0.6) is 0 Å². The van der Waals surface area contributed by atoms with Crippen LogP contribution in [0.3, 0.4) is 0 Å². The van der Waals surface area contributed by atoms with Gasteiger partial charge in [0.25, 0.3) is 10.2 Å². The lowest BCUT2D eigenvalue weighted by Gasteiger charge is -2.35. The van der Waals surface area contributed by atoms with E-state index in [1.807, 2.05) is 6.92 Å². The molecule has 0 atom stereocenters. The Bertz CT molecular complexity index is 335. The Morgan fingerprint density at radius 3 is 2.33 bits per heavy atom. The van der Waals surface area contributed by atoms with Crippen LogP contribution in [0.15, 0.2) is 0 Å². The lowest BCUT2D eigenvalue weighted by Crippen LogP contribution is -2.48. The molecule has 0 spiro atoms. The summed E-state index contributed by atoms with van der Waals surface area (Å²) in [4.78, 5) is 0. The third-order valence-corrected chi connectivity index (χ3v) is 4.86. The molecule has 1 fully saturated rings. The van der Waals surface area contributed by atoms with E-state index in [1.165, 1.54) is 0 Å². The first-order chi connectivity index (χ1) is 8.41. The first-order valence-corrected chi connectivity index (χ1v) is 8.36. The van der Waals surface area contributed by atoms with Crippen LogP contribution in [-0.2, 0) is 10.2 Å². The molecule has 0 aromatic heterocycles. The minimum atomic E-state index is -3.46. The molecule has 0 aromatic carbocycles. The minimum absolute atomic E-state index is 0.114. The van der Waals surface area contributed by atoms with Gasteiger partial charge in [-0.25, -0.2) is 4.72 Å². The maximum Gasteiger partial charge on any atom is 0.277 e. The molecule has 3 N–H and O–H groups in total. The van der Waals surface area contributed by atoms with E-state index >= 15 is 0 Å². The van der Waals surface area contributed by atoms with Gasteiger partial charge >= 0.3 is 0 Å². The van der Waals surface area contributed by atoms with Crippen LogP contribution in [-0.4, -0.2) is 32.2 Å². The highest BCUT2D eigenvalue weighted by atomic mass is 32.2. The van der Waals surface area contributed by atoms with Crippen LogP contribution in [0.4, 0.5) is 0 Å². The highest BCUT2D eigenvalue weighted by molar-refractivity contribution is 7.87. The molecule has 0 saturated heterocycles. The third-order valence-electron chi connectivity index (χ3n) is 3.75. The predicted molar refractivity (Wildman–Crippen MR) is 72.4 cm³/mol. The summed E-state index contributed by atoms with van der Waals surface area (Å²) in [6.07, 6.45) is 5.22. The van der Waals surface area contributed by atoms with Gasteiger partial charge in [0.1, 0.15) is 0 Å². The van der Waals surface area contributed by atoms with Gasteiger partial charge in [0.05, 0.1) is 5.60 Å². The maximum atomic E-state index is 11.6. The summed E-state index contributed by atoms with van der Waals surface area (Å²) in [5, 5.41) is 10.3. The van der Waals surface area contributed by atoms with Crippen LogP contribution in [0.2, 0.25) is 0 Å². The highest BCUT2D eigenvalue weighted by Gasteiger charge is 2.33. The van der Waals surface area contributed by atoms with Crippen molar-refractivity contribution in [2.24, 2.45) is 5.92 Å². The van der Waals surface area contributed by atoms with Crippen molar-refractivity contribution in [2.45, 2.75) is 58.0 Å². The molecule has 1 aliphatic rings. The molecule has 0 radical (unpaired) electrons. The third kappa shape index (κ3) is 5.22. The molecule has 1 rings (SSSR count). The molecule has 5 nitrogen and oxygen atoms in total. The largest absolute Gasteiger partial charge is 0.389 e. The van der Waals surface area contributed by atoms with Crippen molar-refractivity contribution in [3.8, 4) is 0 Å². The zero-order valence-electron chi connectivity index (χ0n) is 11.4. The van der Waals surface area contributed by atoms with E-state index in [2.05, 4.69) is 16.4 Å². The topological polar surface area (TPSA) is 78.4 Å². The second kappa shape index (κ2) is 6.84. The van der Waals surface area contributed by atoms with Gasteiger partial charge < -0.3 is 5.11 Å². The number of nitrogens with one attached hydrogen (secondary N) is 2. The molecule has 0 amide bonds. The van der Waals surface area contributed by atoms with E-state index in [4.69, 9.17) is 0 Å². The molecule has 0 aromatic rings. The fraction of sp³-hybridized carbons (Fsp3) is 1.00. The molecule has 1 saturated carbocycles. The van der Waals surface area contributed by atoms with Gasteiger partial charge in [0, 0.05) is 13.1 Å². The van der Waals surface area contributed by atoms with Gasteiger partial charge in [-0.05, 0) is 38.0 Å². The molecular formula is C12H26N2O3S. The van der Waals surface area contributed by atoms with Gasteiger partial charge in [0.2, 0.25) is 0 Å². The Balaban J connectivity index is 2.38. The van der Waals surface area contributed by atoms with Crippen LogP contribution >= 0.6 is 0 Å². The van der Waals surface area contributed by atoms with Crippen LogP contribution in [0, 0.1) is 5.92 Å². The first kappa shape index (κ1) is 15.9. The summed E-state index contributed by atoms with van der Waals surface area (Å²) in [7, 11) is -3.46. The van der Waals surface area contributed by atoms with E-state index in [9.17, 15) is 13.5 Å². The number of hydrogen-bond donors (Lipinski definition) is 3. The van der Waals surface area contributed by atoms with E-state index in [0.717, 1.165) is 25.7 Å². The molecular weight excluding hydrogens is 252 g/mol. The Kier molecular flexibility index (Phi) is 6.04. The molecule has 0 aliphatic heterocycles. The summed E-state index contributed by atoms with van der Waals surface area (Å²) in [6.45, 7) is 4.60. The molecule has 18 heavy (non-hydrogen) atoms. The molecule has 0 bridgehead atoms. The zero-order chi connectivity index (χ0) is 13.6. The van der Waals surface area contributed by atoms with Crippen LogP contribution < -0.4 is 9.44 Å². The zero-order valence-corrected chi connectivity index (χ0v) is 12.2. The Labute approximate surface area is 111 Å². The smallest absolute Gasteiger partial charge is 0.277 e. The molecule has 0 heterocycles. The second-order valence-electron chi connectivity index (χ2n) is 5.29. The van der Waals surface area contributed by atoms with E-state index in [1.54, 1.807) is 0 Å². The van der Waals surface area contributed by atoms with Crippen molar-refractivity contribution in [3.63, 3.8) is 0 Å². The average Bonchev–Trinajstić information content (AvgIpc) is 2.36. The van der Waals surface area contributed by atoms with Crippen LogP contribution in [0.1, 0.15) is 52.4 Å². The van der Waals surface area contributed by atoms with Gasteiger partial charge in [-0.1, -0.05) is 20.3 Å². The van der Waals surface area contributed by atoms with E-state index in [0.29, 0.717) is 25.3 Å². The van der Waals surface area contributed by atoms with Gasteiger partial charge in [-0.3, -0.25) is 0 Å². The first-order valence-electron chi connectivity index (χ1n) is 6.87. The standard InChI is InChI=1S/C12H26N2O3S/c1-3-9-13-18(16,17)14-10-12(15)7-5-11(4-2)6-8-12/h11,13-15H,3-10H2,1-2H3. The van der Waals surface area contributed by atoms with E-state index < -0.39 is 15.8 Å². The molecule has 1 aliphatic carbocycles. The van der Waals surface area contributed by atoms with Gasteiger partial charge in [-0.15, -0.1) is 0 Å². The normalized spacial score (nSPS) is 29.4. The highest BCUT2D eigenvalue weighted by Crippen LogP contribution is 2.33. The summed E-state index contributed by atoms with van der Waals surface area (Å²) >= 11 is 0. The van der Waals surface area contributed by atoms with Gasteiger partial charge in [0.15, 0.2) is 0 Å². The lowest BCUT2D eigenvalue weighted by molar-refractivity contribution is -0.00448. The minimum Gasteiger partial charge on any atom is -0.389 e. The maximum absolute atomic E-state index is 11.6. The molecule has 108 valence electrons. The summed E-state index contributed by atoms with van der Waals surface area (Å²) in [5.41, 5.74) is -0.868. The molecule has 0 unspecified atom stereocenters. The van der Waals surface area contributed by atoms with Crippen LogP contribution in [0.25, 0.3) is 0 Å². The number of rotatable bonds is 7. The summed E-state index contributed by atoms with van der Waals surface area (Å²) < 4.78 is 28.0. The second-order valence-corrected chi connectivity index (χ2v) is 6.88. The monoisotopic (exact) mass is 278 g/mol.